The molecule has 0 unspecified atom stereocenters. The van der Waals surface area contributed by atoms with E-state index in [1.807, 2.05) is 6.07 Å². The summed E-state index contributed by atoms with van der Waals surface area (Å²) in [4.78, 5) is 14.9. The first-order valence-electron chi connectivity index (χ1n) is 5.62. The van der Waals surface area contributed by atoms with Crippen LogP contribution in [0.2, 0.25) is 0 Å². The van der Waals surface area contributed by atoms with Crippen LogP contribution in [0.15, 0.2) is 28.5 Å². The second-order valence-electron chi connectivity index (χ2n) is 4.06. The molecule has 0 saturated carbocycles. The number of nitrogens with zero attached hydrogens (tertiary/aromatic N) is 2. The van der Waals surface area contributed by atoms with E-state index in [0.717, 1.165) is 11.3 Å². The summed E-state index contributed by atoms with van der Waals surface area (Å²) >= 11 is 0.998. The quantitative estimate of drug-likeness (QED) is 0.650. The average Bonchev–Trinajstić information content (AvgIpc) is 2.86. The van der Waals surface area contributed by atoms with Gasteiger partial charge in [-0.05, 0) is 18.2 Å². The number of nitrogens with one attached hydrogen (secondary N) is 1. The SMILES string of the molecule is CC(=O)c1csc(NS(=O)(=O)c2ccc(C#N)cc2N)n1. The van der Waals surface area contributed by atoms with Gasteiger partial charge in [0.2, 0.25) is 0 Å². The van der Waals surface area contributed by atoms with E-state index in [1.165, 1.54) is 30.5 Å². The second-order valence-corrected chi connectivity index (χ2v) is 6.57. The van der Waals surface area contributed by atoms with Crippen LogP contribution >= 0.6 is 11.3 Å². The number of sulfonamides is 1. The van der Waals surface area contributed by atoms with Gasteiger partial charge >= 0.3 is 0 Å². The molecule has 0 saturated heterocycles. The van der Waals surface area contributed by atoms with E-state index in [4.69, 9.17) is 11.0 Å². The summed E-state index contributed by atoms with van der Waals surface area (Å²) in [6.45, 7) is 1.34. The molecule has 0 spiro atoms. The molecule has 0 aliphatic carbocycles. The van der Waals surface area contributed by atoms with E-state index < -0.39 is 10.0 Å². The minimum absolute atomic E-state index is 0.0371. The molecule has 0 amide bonds. The van der Waals surface area contributed by atoms with Crippen molar-refractivity contribution in [2.24, 2.45) is 0 Å². The van der Waals surface area contributed by atoms with Gasteiger partial charge in [0.1, 0.15) is 10.6 Å². The molecule has 2 aromatic rings. The molecular formula is C12H10N4O3S2. The van der Waals surface area contributed by atoms with Crippen LogP contribution < -0.4 is 10.5 Å². The Hall–Kier alpha value is -2.44. The van der Waals surface area contributed by atoms with Crippen LogP contribution in [0.1, 0.15) is 23.0 Å². The highest BCUT2D eigenvalue weighted by Gasteiger charge is 2.20. The first kappa shape index (κ1) is 15.0. The number of nitrogen functional groups attached to an aromatic ring is 1. The first-order valence-corrected chi connectivity index (χ1v) is 7.98. The number of hydrogen-bond donors (Lipinski definition) is 2. The summed E-state index contributed by atoms with van der Waals surface area (Å²) in [5.74, 6) is -0.255. The molecular weight excluding hydrogens is 312 g/mol. The standard InChI is InChI=1S/C12H10N4O3S2/c1-7(17)10-6-20-12(15-10)16-21(18,19)11-3-2-8(5-13)4-9(11)14/h2-4,6H,14H2,1H3,(H,15,16). The van der Waals surface area contributed by atoms with Crippen LogP contribution in [-0.2, 0) is 10.0 Å². The Labute approximate surface area is 125 Å². The molecule has 0 atom stereocenters. The number of nitrogens with two attached hydrogens (primary N) is 1. The molecule has 0 aliphatic heterocycles. The van der Waals surface area contributed by atoms with Gasteiger partial charge in [-0.25, -0.2) is 13.4 Å². The zero-order chi connectivity index (χ0) is 15.6. The van der Waals surface area contributed by atoms with Crippen molar-refractivity contribution < 1.29 is 13.2 Å². The maximum atomic E-state index is 12.2. The molecule has 108 valence electrons. The van der Waals surface area contributed by atoms with E-state index in [2.05, 4.69) is 9.71 Å². The van der Waals surface area contributed by atoms with Crippen LogP contribution in [0, 0.1) is 11.3 Å². The van der Waals surface area contributed by atoms with Crippen molar-refractivity contribution in [3.63, 3.8) is 0 Å². The van der Waals surface area contributed by atoms with Crippen molar-refractivity contribution in [1.29, 1.82) is 5.26 Å². The fourth-order valence-corrected chi connectivity index (χ4v) is 3.63. The lowest BCUT2D eigenvalue weighted by Crippen LogP contribution is -2.15. The van der Waals surface area contributed by atoms with Gasteiger partial charge in [0.05, 0.1) is 17.3 Å². The van der Waals surface area contributed by atoms with Crippen LogP contribution in [0.3, 0.4) is 0 Å². The third-order valence-corrected chi connectivity index (χ3v) is 4.81. The van der Waals surface area contributed by atoms with Crippen molar-refractivity contribution in [3.05, 3.63) is 34.8 Å². The summed E-state index contributed by atoms with van der Waals surface area (Å²) in [6, 6.07) is 5.74. The maximum Gasteiger partial charge on any atom is 0.265 e. The van der Waals surface area contributed by atoms with Crippen LogP contribution in [0.5, 0.6) is 0 Å². The summed E-state index contributed by atoms with van der Waals surface area (Å²) in [5.41, 5.74) is 6.06. The fourth-order valence-electron chi connectivity index (χ4n) is 1.51. The summed E-state index contributed by atoms with van der Waals surface area (Å²) < 4.78 is 26.7. The van der Waals surface area contributed by atoms with Crippen LogP contribution in [0.25, 0.3) is 0 Å². The predicted molar refractivity (Wildman–Crippen MR) is 78.5 cm³/mol. The van der Waals surface area contributed by atoms with Crippen molar-refractivity contribution >= 4 is 38.0 Å². The van der Waals surface area contributed by atoms with Crippen molar-refractivity contribution in [1.82, 2.24) is 4.98 Å². The minimum atomic E-state index is -3.93. The molecule has 0 aliphatic rings. The minimum Gasteiger partial charge on any atom is -0.398 e. The molecule has 0 bridgehead atoms. The highest BCUT2D eigenvalue weighted by molar-refractivity contribution is 7.93. The number of benzene rings is 1. The number of rotatable bonds is 4. The second kappa shape index (κ2) is 5.51. The highest BCUT2D eigenvalue weighted by Crippen LogP contribution is 2.24. The number of aromatic nitrogens is 1. The van der Waals surface area contributed by atoms with Gasteiger partial charge in [-0.3, -0.25) is 9.52 Å². The van der Waals surface area contributed by atoms with Gasteiger partial charge in [0.25, 0.3) is 10.0 Å². The number of nitriles is 1. The Bertz CT molecular complexity index is 850. The molecule has 2 rings (SSSR count). The molecule has 0 radical (unpaired) electrons. The number of carbonyl (C=O) groups excluding carboxylic acids is 1. The number of anilines is 2. The third kappa shape index (κ3) is 3.18. The Morgan fingerprint density at radius 1 is 1.48 bits per heavy atom. The zero-order valence-corrected chi connectivity index (χ0v) is 12.5. The van der Waals surface area contributed by atoms with Gasteiger partial charge in [-0.1, -0.05) is 0 Å². The van der Waals surface area contributed by atoms with E-state index >= 15 is 0 Å². The molecule has 3 N–H and O–H groups in total. The molecule has 1 aromatic heterocycles. The molecule has 0 fully saturated rings. The van der Waals surface area contributed by atoms with Crippen LogP contribution in [0.4, 0.5) is 10.8 Å². The Morgan fingerprint density at radius 2 is 2.19 bits per heavy atom. The summed E-state index contributed by atoms with van der Waals surface area (Å²) in [5, 5.41) is 10.3. The molecule has 21 heavy (non-hydrogen) atoms. The molecule has 7 nitrogen and oxygen atoms in total. The Balaban J connectivity index is 2.34. The van der Waals surface area contributed by atoms with E-state index in [0.29, 0.717) is 0 Å². The van der Waals surface area contributed by atoms with Gasteiger partial charge in [0, 0.05) is 12.3 Å². The Kier molecular flexibility index (Phi) is 3.93. The topological polar surface area (TPSA) is 126 Å². The fraction of sp³-hybridized carbons (Fsp3) is 0.0833. The molecule has 1 aromatic carbocycles. The average molecular weight is 322 g/mol. The number of carbonyl (C=O) groups is 1. The molecule has 9 heteroatoms. The third-order valence-electron chi connectivity index (χ3n) is 2.51. The number of thiazole rings is 1. The zero-order valence-electron chi connectivity index (χ0n) is 10.8. The monoisotopic (exact) mass is 322 g/mol. The van der Waals surface area contributed by atoms with Gasteiger partial charge in [-0.2, -0.15) is 5.26 Å². The van der Waals surface area contributed by atoms with Gasteiger partial charge in [0.15, 0.2) is 10.9 Å². The first-order chi connectivity index (χ1) is 9.83. The van der Waals surface area contributed by atoms with Gasteiger partial charge in [-0.15, -0.1) is 11.3 Å². The molecule has 1 heterocycles. The van der Waals surface area contributed by atoms with E-state index in [9.17, 15) is 13.2 Å². The lowest BCUT2D eigenvalue weighted by molar-refractivity contribution is 0.101. The number of Topliss-reactive ketones (excluding diaryl/α,β-unsaturated/α-hetero) is 1. The van der Waals surface area contributed by atoms with Crippen molar-refractivity contribution in [3.8, 4) is 6.07 Å². The van der Waals surface area contributed by atoms with Crippen LogP contribution in [-0.4, -0.2) is 19.2 Å². The number of hydrogen-bond acceptors (Lipinski definition) is 7. The van der Waals surface area contributed by atoms with Crippen molar-refractivity contribution in [2.45, 2.75) is 11.8 Å². The smallest absolute Gasteiger partial charge is 0.265 e. The normalized spacial score (nSPS) is 10.9. The van der Waals surface area contributed by atoms with Crippen molar-refractivity contribution in [2.75, 3.05) is 10.5 Å². The summed E-state index contributed by atoms with van der Waals surface area (Å²) in [6.07, 6.45) is 0. The Morgan fingerprint density at radius 3 is 2.71 bits per heavy atom. The largest absolute Gasteiger partial charge is 0.398 e. The predicted octanol–water partition coefficient (Wildman–Crippen LogP) is 1.60. The van der Waals surface area contributed by atoms with Gasteiger partial charge < -0.3 is 5.73 Å². The summed E-state index contributed by atoms with van der Waals surface area (Å²) in [7, 11) is -3.93. The maximum absolute atomic E-state index is 12.2. The van der Waals surface area contributed by atoms with E-state index in [-0.39, 0.29) is 32.8 Å². The lowest BCUT2D eigenvalue weighted by Gasteiger charge is -2.07. The lowest BCUT2D eigenvalue weighted by atomic mass is 10.2. The number of ketones is 1. The van der Waals surface area contributed by atoms with E-state index in [1.54, 1.807) is 0 Å². The highest BCUT2D eigenvalue weighted by atomic mass is 32.2.